The van der Waals surface area contributed by atoms with Gasteiger partial charge in [0.05, 0.1) is 17.6 Å². The standard InChI is InChI=1S/C16H21F3N2O2/c1-4-23-14(22)15(11(2)3)7-8-21(10-15)13-6-5-12(9-20-13)16(17,18)19/h5-6,9,11H,4,7-8,10H2,1-3H3. The van der Waals surface area contributed by atoms with Crippen LogP contribution in [-0.2, 0) is 15.7 Å². The average Bonchev–Trinajstić information content (AvgIpc) is 2.93. The largest absolute Gasteiger partial charge is 0.466 e. The zero-order chi connectivity index (χ0) is 17.3. The Kier molecular flexibility index (Phi) is 4.87. The van der Waals surface area contributed by atoms with Crippen molar-refractivity contribution in [3.63, 3.8) is 0 Å². The van der Waals surface area contributed by atoms with Gasteiger partial charge in [0.25, 0.3) is 0 Å². The summed E-state index contributed by atoms with van der Waals surface area (Å²) in [5.41, 5.74) is -1.42. The second kappa shape index (κ2) is 6.37. The summed E-state index contributed by atoms with van der Waals surface area (Å²) in [7, 11) is 0. The molecule has 1 aromatic rings. The van der Waals surface area contributed by atoms with Gasteiger partial charge < -0.3 is 9.64 Å². The lowest BCUT2D eigenvalue weighted by molar-refractivity contribution is -0.156. The van der Waals surface area contributed by atoms with Crippen LogP contribution in [0.2, 0.25) is 0 Å². The highest BCUT2D eigenvalue weighted by Crippen LogP contribution is 2.40. The molecule has 0 saturated carbocycles. The third-order valence-corrected chi connectivity index (χ3v) is 4.49. The van der Waals surface area contributed by atoms with Gasteiger partial charge >= 0.3 is 12.1 Å². The molecule has 0 aromatic carbocycles. The van der Waals surface area contributed by atoms with Crippen LogP contribution in [0.4, 0.5) is 19.0 Å². The van der Waals surface area contributed by atoms with Crippen LogP contribution in [-0.4, -0.2) is 30.6 Å². The van der Waals surface area contributed by atoms with Crippen molar-refractivity contribution >= 4 is 11.8 Å². The van der Waals surface area contributed by atoms with Gasteiger partial charge in [0, 0.05) is 19.3 Å². The van der Waals surface area contributed by atoms with Crippen molar-refractivity contribution in [3.8, 4) is 0 Å². The molecule has 2 heterocycles. The number of pyridine rings is 1. The molecule has 0 N–H and O–H groups in total. The van der Waals surface area contributed by atoms with Crippen LogP contribution in [0.5, 0.6) is 0 Å². The zero-order valence-corrected chi connectivity index (χ0v) is 13.5. The molecule has 1 atom stereocenters. The number of alkyl halides is 3. The quantitative estimate of drug-likeness (QED) is 0.792. The third kappa shape index (κ3) is 3.43. The highest BCUT2D eigenvalue weighted by Gasteiger charge is 2.48. The molecular weight excluding hydrogens is 309 g/mol. The molecule has 1 aliphatic heterocycles. The topological polar surface area (TPSA) is 42.4 Å². The Morgan fingerprint density at radius 3 is 2.61 bits per heavy atom. The van der Waals surface area contributed by atoms with Gasteiger partial charge in [-0.2, -0.15) is 13.2 Å². The summed E-state index contributed by atoms with van der Waals surface area (Å²) in [4.78, 5) is 18.1. The first-order valence-corrected chi connectivity index (χ1v) is 7.66. The van der Waals surface area contributed by atoms with Crippen LogP contribution >= 0.6 is 0 Å². The van der Waals surface area contributed by atoms with E-state index in [0.717, 1.165) is 12.3 Å². The molecule has 1 aromatic heterocycles. The average molecular weight is 330 g/mol. The molecular formula is C16H21F3N2O2. The maximum absolute atomic E-state index is 12.6. The number of nitrogens with zero attached hydrogens (tertiary/aromatic N) is 2. The van der Waals surface area contributed by atoms with E-state index in [9.17, 15) is 18.0 Å². The minimum Gasteiger partial charge on any atom is -0.466 e. The number of hydrogen-bond donors (Lipinski definition) is 0. The molecule has 0 spiro atoms. The van der Waals surface area contributed by atoms with Crippen LogP contribution in [0.3, 0.4) is 0 Å². The molecule has 0 amide bonds. The van der Waals surface area contributed by atoms with Crippen LogP contribution in [0.25, 0.3) is 0 Å². The number of ether oxygens (including phenoxy) is 1. The maximum atomic E-state index is 12.6. The van der Waals surface area contributed by atoms with Crippen molar-refractivity contribution in [2.75, 3.05) is 24.6 Å². The molecule has 1 unspecified atom stereocenters. The Morgan fingerprint density at radius 2 is 2.13 bits per heavy atom. The number of aromatic nitrogens is 1. The van der Waals surface area contributed by atoms with E-state index in [1.807, 2.05) is 18.7 Å². The monoisotopic (exact) mass is 330 g/mol. The van der Waals surface area contributed by atoms with E-state index in [2.05, 4.69) is 4.98 Å². The van der Waals surface area contributed by atoms with E-state index in [0.29, 0.717) is 31.9 Å². The third-order valence-electron chi connectivity index (χ3n) is 4.49. The SMILES string of the molecule is CCOC(=O)C1(C(C)C)CCN(c2ccc(C(F)(F)F)cn2)C1. The van der Waals surface area contributed by atoms with Crippen molar-refractivity contribution in [2.24, 2.45) is 11.3 Å². The smallest absolute Gasteiger partial charge is 0.417 e. The zero-order valence-electron chi connectivity index (χ0n) is 13.5. The van der Waals surface area contributed by atoms with Gasteiger partial charge in [0.2, 0.25) is 0 Å². The summed E-state index contributed by atoms with van der Waals surface area (Å²) >= 11 is 0. The number of esters is 1. The van der Waals surface area contributed by atoms with Crippen molar-refractivity contribution in [2.45, 2.75) is 33.4 Å². The fourth-order valence-electron chi connectivity index (χ4n) is 2.92. The lowest BCUT2D eigenvalue weighted by Crippen LogP contribution is -2.40. The normalized spacial score (nSPS) is 21.8. The summed E-state index contributed by atoms with van der Waals surface area (Å²) in [5.74, 6) is 0.273. The van der Waals surface area contributed by atoms with Crippen LogP contribution in [0, 0.1) is 11.3 Å². The predicted octanol–water partition coefficient (Wildman–Crippen LogP) is 3.52. The predicted molar refractivity (Wildman–Crippen MR) is 80.0 cm³/mol. The molecule has 0 bridgehead atoms. The van der Waals surface area contributed by atoms with Gasteiger partial charge in [-0.1, -0.05) is 13.8 Å². The molecule has 1 aliphatic rings. The van der Waals surface area contributed by atoms with Crippen LogP contribution < -0.4 is 4.90 Å². The molecule has 4 nitrogen and oxygen atoms in total. The first kappa shape index (κ1) is 17.6. The Balaban J connectivity index is 2.19. The Morgan fingerprint density at radius 1 is 1.43 bits per heavy atom. The summed E-state index contributed by atoms with van der Waals surface area (Å²) in [6.45, 7) is 6.96. The van der Waals surface area contributed by atoms with Crippen molar-refractivity contribution in [1.82, 2.24) is 4.98 Å². The molecule has 1 saturated heterocycles. The molecule has 1 fully saturated rings. The summed E-state index contributed by atoms with van der Waals surface area (Å²) in [6, 6.07) is 2.37. The van der Waals surface area contributed by atoms with E-state index >= 15 is 0 Å². The van der Waals surface area contributed by atoms with E-state index in [1.54, 1.807) is 6.92 Å². The second-order valence-corrected chi connectivity index (χ2v) is 6.11. The molecule has 23 heavy (non-hydrogen) atoms. The van der Waals surface area contributed by atoms with Gasteiger partial charge in [-0.3, -0.25) is 4.79 Å². The summed E-state index contributed by atoms with van der Waals surface area (Å²) in [5, 5.41) is 0. The van der Waals surface area contributed by atoms with Crippen molar-refractivity contribution in [1.29, 1.82) is 0 Å². The maximum Gasteiger partial charge on any atom is 0.417 e. The number of rotatable bonds is 4. The fourth-order valence-corrected chi connectivity index (χ4v) is 2.92. The van der Waals surface area contributed by atoms with Crippen molar-refractivity contribution < 1.29 is 22.7 Å². The number of carbonyl (C=O) groups is 1. The highest BCUT2D eigenvalue weighted by molar-refractivity contribution is 5.79. The Hall–Kier alpha value is -1.79. The first-order chi connectivity index (χ1) is 10.7. The van der Waals surface area contributed by atoms with E-state index in [1.165, 1.54) is 6.07 Å². The lowest BCUT2D eigenvalue weighted by Gasteiger charge is -2.31. The molecule has 128 valence electrons. The fraction of sp³-hybridized carbons (Fsp3) is 0.625. The van der Waals surface area contributed by atoms with Crippen LogP contribution in [0.1, 0.15) is 32.8 Å². The van der Waals surface area contributed by atoms with Gasteiger partial charge in [0.15, 0.2) is 0 Å². The van der Waals surface area contributed by atoms with E-state index < -0.39 is 17.2 Å². The van der Waals surface area contributed by atoms with Gasteiger partial charge in [0.1, 0.15) is 5.82 Å². The second-order valence-electron chi connectivity index (χ2n) is 6.11. The Bertz CT molecular complexity index is 557. The van der Waals surface area contributed by atoms with E-state index in [4.69, 9.17) is 4.74 Å². The van der Waals surface area contributed by atoms with E-state index in [-0.39, 0.29) is 11.9 Å². The van der Waals surface area contributed by atoms with Gasteiger partial charge in [-0.25, -0.2) is 4.98 Å². The van der Waals surface area contributed by atoms with Crippen molar-refractivity contribution in [3.05, 3.63) is 23.9 Å². The lowest BCUT2D eigenvalue weighted by atomic mass is 9.76. The Labute approximate surface area is 133 Å². The number of halogens is 3. The highest BCUT2D eigenvalue weighted by atomic mass is 19.4. The molecule has 7 heteroatoms. The number of carbonyl (C=O) groups excluding carboxylic acids is 1. The first-order valence-electron chi connectivity index (χ1n) is 7.66. The van der Waals surface area contributed by atoms with Gasteiger partial charge in [-0.15, -0.1) is 0 Å². The summed E-state index contributed by atoms with van der Waals surface area (Å²) < 4.78 is 43.0. The van der Waals surface area contributed by atoms with Crippen LogP contribution in [0.15, 0.2) is 18.3 Å². The van der Waals surface area contributed by atoms with Gasteiger partial charge in [-0.05, 0) is 31.4 Å². The number of hydrogen-bond acceptors (Lipinski definition) is 4. The minimum atomic E-state index is -4.40. The minimum absolute atomic E-state index is 0.0704. The number of anilines is 1. The molecule has 0 radical (unpaired) electrons. The molecule has 2 rings (SSSR count). The summed E-state index contributed by atoms with van der Waals surface area (Å²) in [6.07, 6.45) is -2.97. The molecule has 0 aliphatic carbocycles.